The number of allylic oxidation sites excluding steroid dienone is 1. The second kappa shape index (κ2) is 6.07. The van der Waals surface area contributed by atoms with Crippen LogP contribution < -0.4 is 0 Å². The molecule has 0 aromatic heterocycles. The van der Waals surface area contributed by atoms with Gasteiger partial charge >= 0.3 is 0 Å². The summed E-state index contributed by atoms with van der Waals surface area (Å²) in [5.41, 5.74) is -0.229. The highest BCUT2D eigenvalue weighted by Crippen LogP contribution is 2.29. The van der Waals surface area contributed by atoms with Crippen LogP contribution in [-0.4, -0.2) is 41.3 Å². The zero-order chi connectivity index (χ0) is 13.0. The van der Waals surface area contributed by atoms with Gasteiger partial charge in [0.15, 0.2) is 0 Å². The van der Waals surface area contributed by atoms with Gasteiger partial charge in [0.05, 0.1) is 6.61 Å². The van der Waals surface area contributed by atoms with Gasteiger partial charge in [-0.25, -0.2) is 0 Å². The Bertz CT molecular complexity index is 291. The fraction of sp³-hybridized carbons (Fsp3) is 0.867. The van der Waals surface area contributed by atoms with Gasteiger partial charge in [-0.15, -0.1) is 0 Å². The van der Waals surface area contributed by atoms with E-state index in [1.807, 2.05) is 0 Å². The summed E-state index contributed by atoms with van der Waals surface area (Å²) in [6.45, 7) is 7.22. The van der Waals surface area contributed by atoms with Crippen molar-refractivity contribution in [3.8, 4) is 0 Å². The van der Waals surface area contributed by atoms with E-state index >= 15 is 0 Å². The van der Waals surface area contributed by atoms with Crippen molar-refractivity contribution in [3.05, 3.63) is 11.8 Å². The molecule has 0 spiro atoms. The van der Waals surface area contributed by atoms with Crippen molar-refractivity contribution in [2.24, 2.45) is 0 Å². The van der Waals surface area contributed by atoms with Crippen LogP contribution in [0.2, 0.25) is 0 Å². The van der Waals surface area contributed by atoms with Crippen LogP contribution in [0.15, 0.2) is 11.8 Å². The first kappa shape index (κ1) is 13.9. The molecule has 1 saturated heterocycles. The quantitative estimate of drug-likeness (QED) is 0.839. The highest BCUT2D eigenvalue weighted by atomic mass is 16.5. The van der Waals surface area contributed by atoms with E-state index in [1.165, 1.54) is 25.7 Å². The third kappa shape index (κ3) is 3.07. The Kier molecular flexibility index (Phi) is 4.68. The van der Waals surface area contributed by atoms with E-state index in [4.69, 9.17) is 4.74 Å². The second-order valence-electron chi connectivity index (χ2n) is 6.05. The molecule has 1 atom stereocenters. The number of hydrogen-bond donors (Lipinski definition) is 1. The molecule has 0 bridgehead atoms. The van der Waals surface area contributed by atoms with E-state index in [9.17, 15) is 5.11 Å². The molecule has 3 heteroatoms. The zero-order valence-corrected chi connectivity index (χ0v) is 11.8. The molecule has 3 nitrogen and oxygen atoms in total. The van der Waals surface area contributed by atoms with Gasteiger partial charge in [0.25, 0.3) is 0 Å². The Hall–Kier alpha value is -0.540. The summed E-state index contributed by atoms with van der Waals surface area (Å²) in [5, 5.41) is 10.6. The summed E-state index contributed by atoms with van der Waals surface area (Å²) in [6, 6.07) is 0. The van der Waals surface area contributed by atoms with Crippen molar-refractivity contribution in [3.63, 3.8) is 0 Å². The fourth-order valence-corrected chi connectivity index (χ4v) is 2.94. The predicted molar refractivity (Wildman–Crippen MR) is 73.4 cm³/mol. The summed E-state index contributed by atoms with van der Waals surface area (Å²) >= 11 is 0. The maximum Gasteiger partial charge on any atom is 0.128 e. The number of aliphatic hydroxyl groups excluding tert-OH is 1. The summed E-state index contributed by atoms with van der Waals surface area (Å²) in [6.07, 6.45) is 8.79. The summed E-state index contributed by atoms with van der Waals surface area (Å²) in [5.74, 6) is 0.787. The molecule has 1 unspecified atom stereocenters. The van der Waals surface area contributed by atoms with Crippen LogP contribution in [0.3, 0.4) is 0 Å². The van der Waals surface area contributed by atoms with Gasteiger partial charge in [-0.2, -0.15) is 0 Å². The molecule has 18 heavy (non-hydrogen) atoms. The Morgan fingerprint density at radius 2 is 1.83 bits per heavy atom. The topological polar surface area (TPSA) is 32.7 Å². The van der Waals surface area contributed by atoms with Gasteiger partial charge in [-0.1, -0.05) is 12.8 Å². The molecule has 104 valence electrons. The monoisotopic (exact) mass is 253 g/mol. The Morgan fingerprint density at radius 1 is 1.17 bits per heavy atom. The van der Waals surface area contributed by atoms with Gasteiger partial charge in [0.1, 0.15) is 11.9 Å². The van der Waals surface area contributed by atoms with Crippen LogP contribution in [0.25, 0.3) is 0 Å². The Morgan fingerprint density at radius 3 is 2.39 bits per heavy atom. The van der Waals surface area contributed by atoms with Crippen molar-refractivity contribution < 1.29 is 9.84 Å². The number of rotatable bonds is 3. The van der Waals surface area contributed by atoms with Crippen LogP contribution in [-0.2, 0) is 4.74 Å². The van der Waals surface area contributed by atoms with Crippen LogP contribution in [0.5, 0.6) is 0 Å². The van der Waals surface area contributed by atoms with Crippen molar-refractivity contribution in [1.29, 1.82) is 0 Å². The number of nitrogens with zero attached hydrogens (tertiary/aromatic N) is 1. The maximum absolute atomic E-state index is 10.6. The first-order valence-electron chi connectivity index (χ1n) is 7.38. The van der Waals surface area contributed by atoms with Crippen molar-refractivity contribution >= 4 is 0 Å². The maximum atomic E-state index is 10.6. The molecule has 0 aromatic rings. The lowest BCUT2D eigenvalue weighted by atomic mass is 9.92. The molecule has 0 radical (unpaired) electrons. The molecule has 1 fully saturated rings. The standard InChI is InChI=1S/C15H27NO2/c1-15(2,16-10-6-3-4-7-11-16)14(17)13-9-5-8-12-18-13/h9,14,17H,3-8,10-12H2,1-2H3. The van der Waals surface area contributed by atoms with Crippen molar-refractivity contribution in [2.75, 3.05) is 19.7 Å². The lowest BCUT2D eigenvalue weighted by Crippen LogP contribution is -2.53. The molecule has 0 aromatic carbocycles. The summed E-state index contributed by atoms with van der Waals surface area (Å²) in [7, 11) is 0. The van der Waals surface area contributed by atoms with Gasteiger partial charge in [-0.05, 0) is 58.7 Å². The summed E-state index contributed by atoms with van der Waals surface area (Å²) in [4.78, 5) is 2.43. The third-order valence-corrected chi connectivity index (χ3v) is 4.32. The minimum Gasteiger partial charge on any atom is -0.495 e. The van der Waals surface area contributed by atoms with E-state index < -0.39 is 6.10 Å². The number of hydrogen-bond acceptors (Lipinski definition) is 3. The molecule has 1 N–H and O–H groups in total. The van der Waals surface area contributed by atoms with Crippen LogP contribution >= 0.6 is 0 Å². The smallest absolute Gasteiger partial charge is 0.128 e. The minimum absolute atomic E-state index is 0.229. The highest BCUT2D eigenvalue weighted by molar-refractivity contribution is 5.10. The average Bonchev–Trinajstić information content (AvgIpc) is 2.68. The Labute approximate surface area is 111 Å². The van der Waals surface area contributed by atoms with E-state index in [1.54, 1.807) is 0 Å². The molecule has 2 heterocycles. The van der Waals surface area contributed by atoms with Gasteiger partial charge in [0.2, 0.25) is 0 Å². The van der Waals surface area contributed by atoms with Crippen molar-refractivity contribution in [1.82, 2.24) is 4.90 Å². The molecule has 0 amide bonds. The van der Waals surface area contributed by atoms with Crippen LogP contribution in [0.1, 0.15) is 52.4 Å². The molecule has 0 saturated carbocycles. The van der Waals surface area contributed by atoms with Crippen LogP contribution in [0.4, 0.5) is 0 Å². The largest absolute Gasteiger partial charge is 0.495 e. The molecular weight excluding hydrogens is 226 g/mol. The van der Waals surface area contributed by atoms with E-state index in [-0.39, 0.29) is 5.54 Å². The van der Waals surface area contributed by atoms with E-state index in [0.717, 1.165) is 38.3 Å². The number of ether oxygens (including phenoxy) is 1. The fourth-order valence-electron chi connectivity index (χ4n) is 2.94. The van der Waals surface area contributed by atoms with Gasteiger partial charge < -0.3 is 9.84 Å². The van der Waals surface area contributed by atoms with E-state index in [2.05, 4.69) is 24.8 Å². The van der Waals surface area contributed by atoms with Crippen molar-refractivity contribution in [2.45, 2.75) is 64.0 Å². The molecule has 2 aliphatic rings. The van der Waals surface area contributed by atoms with Crippen LogP contribution in [0, 0.1) is 0 Å². The molecule has 2 rings (SSSR count). The number of likely N-dealkylation sites (tertiary alicyclic amines) is 1. The van der Waals surface area contributed by atoms with Gasteiger partial charge in [0, 0.05) is 5.54 Å². The van der Waals surface area contributed by atoms with Gasteiger partial charge in [-0.3, -0.25) is 4.90 Å². The SMILES string of the molecule is CC(C)(C(O)C1=CCCCO1)N1CCCCCC1. The normalized spacial score (nSPS) is 24.9. The highest BCUT2D eigenvalue weighted by Gasteiger charge is 2.37. The first-order valence-corrected chi connectivity index (χ1v) is 7.38. The Balaban J connectivity index is 2.05. The summed E-state index contributed by atoms with van der Waals surface area (Å²) < 4.78 is 5.63. The minimum atomic E-state index is -0.504. The second-order valence-corrected chi connectivity index (χ2v) is 6.05. The third-order valence-electron chi connectivity index (χ3n) is 4.32. The lowest BCUT2D eigenvalue weighted by molar-refractivity contribution is -0.0233. The predicted octanol–water partition coefficient (Wildman–Crippen LogP) is 2.70. The molecule has 2 aliphatic heterocycles. The first-order chi connectivity index (χ1) is 8.62. The lowest BCUT2D eigenvalue weighted by Gasteiger charge is -2.42. The van der Waals surface area contributed by atoms with E-state index in [0.29, 0.717) is 0 Å². The average molecular weight is 253 g/mol. The number of aliphatic hydroxyl groups is 1. The molecule has 0 aliphatic carbocycles. The molecular formula is C15H27NO2. The zero-order valence-electron chi connectivity index (χ0n) is 11.8.